The molecule has 1 aromatic carbocycles. The van der Waals surface area contributed by atoms with Crippen LogP contribution in [0.25, 0.3) is 0 Å². The van der Waals surface area contributed by atoms with Gasteiger partial charge in [0.2, 0.25) is 5.88 Å². The quantitative estimate of drug-likeness (QED) is 0.830. The molecule has 2 aromatic rings. The molecule has 30 heavy (non-hydrogen) atoms. The minimum Gasteiger partial charge on any atom is -0.442 e. The molecule has 1 aromatic heterocycles. The molecule has 1 amide bonds. The summed E-state index contributed by atoms with van der Waals surface area (Å²) in [5.74, 6) is 2.24. The Morgan fingerprint density at radius 3 is 2.90 bits per heavy atom. The van der Waals surface area contributed by atoms with Crippen LogP contribution in [0.15, 0.2) is 38.7 Å². The van der Waals surface area contributed by atoms with E-state index in [4.69, 9.17) is 4.42 Å². The number of furan rings is 1. The highest BCUT2D eigenvalue weighted by molar-refractivity contribution is 6.17. The maximum absolute atomic E-state index is 13.0. The van der Waals surface area contributed by atoms with Crippen LogP contribution in [0.3, 0.4) is 0 Å². The molecule has 0 radical (unpaired) electrons. The van der Waals surface area contributed by atoms with Gasteiger partial charge in [-0.05, 0) is 38.3 Å². The van der Waals surface area contributed by atoms with E-state index in [9.17, 15) is 4.79 Å². The first-order valence-electron chi connectivity index (χ1n) is 10.6. The molecule has 156 valence electrons. The van der Waals surface area contributed by atoms with Gasteiger partial charge in [-0.1, -0.05) is 29.8 Å². The smallest absolute Gasteiger partial charge is 0.255 e. The Morgan fingerprint density at radius 2 is 2.07 bits per heavy atom. The number of nitrogens with zero attached hydrogens (tertiary/aromatic N) is 4. The lowest BCUT2D eigenvalue weighted by atomic mass is 10.1. The second kappa shape index (κ2) is 7.72. The number of benzene rings is 1. The van der Waals surface area contributed by atoms with Gasteiger partial charge in [-0.15, -0.1) is 0 Å². The molecule has 1 unspecified atom stereocenters. The van der Waals surface area contributed by atoms with Crippen molar-refractivity contribution in [2.75, 3.05) is 32.7 Å². The average Bonchev–Trinajstić information content (AvgIpc) is 3.45. The largest absolute Gasteiger partial charge is 0.442 e. The van der Waals surface area contributed by atoms with Crippen LogP contribution in [-0.2, 0) is 6.54 Å². The number of carbonyl (C=O) groups is 1. The van der Waals surface area contributed by atoms with Crippen LogP contribution in [0.1, 0.15) is 39.2 Å². The predicted octanol–water partition coefficient (Wildman–Crippen LogP) is 2.88. The van der Waals surface area contributed by atoms with Crippen LogP contribution in [0, 0.1) is 19.8 Å². The maximum atomic E-state index is 13.0. The third kappa shape index (κ3) is 3.54. The molecule has 3 aliphatic heterocycles. The van der Waals surface area contributed by atoms with Crippen LogP contribution < -0.4 is 5.32 Å². The molecule has 1 fully saturated rings. The highest BCUT2D eigenvalue weighted by Crippen LogP contribution is 2.34. The van der Waals surface area contributed by atoms with Crippen molar-refractivity contribution in [1.29, 1.82) is 0 Å². The molecule has 3 aliphatic rings. The van der Waals surface area contributed by atoms with Crippen molar-refractivity contribution < 1.29 is 9.21 Å². The second-order valence-corrected chi connectivity index (χ2v) is 8.44. The Kier molecular flexibility index (Phi) is 4.90. The van der Waals surface area contributed by atoms with Crippen molar-refractivity contribution >= 4 is 24.0 Å². The van der Waals surface area contributed by atoms with Crippen molar-refractivity contribution in [2.45, 2.75) is 26.8 Å². The highest BCUT2D eigenvalue weighted by Gasteiger charge is 2.34. The van der Waals surface area contributed by atoms with Crippen LogP contribution in [0.4, 0.5) is 5.88 Å². The molecular formula is C23H27N5O2. The summed E-state index contributed by atoms with van der Waals surface area (Å²) in [6.45, 7) is 9.14. The van der Waals surface area contributed by atoms with Gasteiger partial charge in [0, 0.05) is 26.2 Å². The fraction of sp³-hybridized carbons (Fsp3) is 0.435. The number of rotatable bonds is 5. The number of hydrogen-bond acceptors (Lipinski definition) is 6. The van der Waals surface area contributed by atoms with Crippen molar-refractivity contribution in [1.82, 2.24) is 15.1 Å². The first-order valence-corrected chi connectivity index (χ1v) is 10.6. The van der Waals surface area contributed by atoms with E-state index in [1.807, 2.05) is 11.8 Å². The summed E-state index contributed by atoms with van der Waals surface area (Å²) in [4.78, 5) is 26.4. The highest BCUT2D eigenvalue weighted by atomic mass is 16.4. The van der Waals surface area contributed by atoms with Gasteiger partial charge in [-0.3, -0.25) is 14.7 Å². The molecule has 4 heterocycles. The molecule has 0 saturated carbocycles. The maximum Gasteiger partial charge on any atom is 0.255 e. The Bertz CT molecular complexity index is 1020. The van der Waals surface area contributed by atoms with Crippen molar-refractivity contribution in [2.24, 2.45) is 15.9 Å². The fourth-order valence-electron chi connectivity index (χ4n) is 4.52. The molecule has 5 rings (SSSR count). The SMILES string of the molecule is Cc1ccc(CN2CCC(CNC(=O)c3c(C)oc4c3C3=NCCN3C=N4)C2)cc1. The molecule has 7 nitrogen and oxygen atoms in total. The molecule has 0 bridgehead atoms. The van der Waals surface area contributed by atoms with E-state index in [0.29, 0.717) is 36.2 Å². The van der Waals surface area contributed by atoms with Gasteiger partial charge in [0.15, 0.2) is 0 Å². The minimum absolute atomic E-state index is 0.0962. The third-order valence-electron chi connectivity index (χ3n) is 6.15. The third-order valence-corrected chi connectivity index (χ3v) is 6.15. The van der Waals surface area contributed by atoms with E-state index < -0.39 is 0 Å². The summed E-state index contributed by atoms with van der Waals surface area (Å²) in [5, 5.41) is 3.14. The summed E-state index contributed by atoms with van der Waals surface area (Å²) in [5.41, 5.74) is 3.93. The Balaban J connectivity index is 1.21. The molecule has 0 aliphatic carbocycles. The van der Waals surface area contributed by atoms with E-state index in [1.165, 1.54) is 11.1 Å². The van der Waals surface area contributed by atoms with Crippen LogP contribution in [-0.4, -0.2) is 60.6 Å². The van der Waals surface area contributed by atoms with Crippen LogP contribution in [0.5, 0.6) is 0 Å². The van der Waals surface area contributed by atoms with E-state index >= 15 is 0 Å². The zero-order chi connectivity index (χ0) is 20.7. The van der Waals surface area contributed by atoms with Gasteiger partial charge >= 0.3 is 0 Å². The van der Waals surface area contributed by atoms with Crippen LogP contribution in [0.2, 0.25) is 0 Å². The first kappa shape index (κ1) is 19.1. The van der Waals surface area contributed by atoms with Gasteiger partial charge in [-0.2, -0.15) is 0 Å². The second-order valence-electron chi connectivity index (χ2n) is 8.44. The van der Waals surface area contributed by atoms with E-state index in [1.54, 1.807) is 6.34 Å². The Morgan fingerprint density at radius 1 is 1.23 bits per heavy atom. The van der Waals surface area contributed by atoms with Gasteiger partial charge in [0.1, 0.15) is 17.9 Å². The molecule has 1 saturated heterocycles. The zero-order valence-electron chi connectivity index (χ0n) is 17.5. The number of nitrogens with one attached hydrogen (secondary N) is 1. The van der Waals surface area contributed by atoms with Crippen molar-refractivity contribution in [3.63, 3.8) is 0 Å². The Labute approximate surface area is 176 Å². The van der Waals surface area contributed by atoms with Gasteiger partial charge in [-0.25, -0.2) is 4.99 Å². The van der Waals surface area contributed by atoms with E-state index in [2.05, 4.69) is 51.4 Å². The Hall–Kier alpha value is -2.93. The summed E-state index contributed by atoms with van der Waals surface area (Å²) in [6, 6.07) is 8.73. The molecule has 1 atom stereocenters. The first-order chi connectivity index (χ1) is 14.6. The number of carbonyl (C=O) groups excluding carboxylic acids is 1. The number of amides is 1. The monoisotopic (exact) mass is 405 g/mol. The predicted molar refractivity (Wildman–Crippen MR) is 117 cm³/mol. The number of amidine groups is 1. The summed E-state index contributed by atoms with van der Waals surface area (Å²) in [7, 11) is 0. The molecule has 0 spiro atoms. The number of aryl methyl sites for hydroxylation is 2. The lowest BCUT2D eigenvalue weighted by molar-refractivity contribution is 0.0945. The summed E-state index contributed by atoms with van der Waals surface area (Å²) in [6.07, 6.45) is 2.83. The lowest BCUT2D eigenvalue weighted by Crippen LogP contribution is -2.34. The summed E-state index contributed by atoms with van der Waals surface area (Å²) >= 11 is 0. The summed E-state index contributed by atoms with van der Waals surface area (Å²) < 4.78 is 5.76. The number of aliphatic imine (C=N–C) groups is 2. The standard InChI is InChI=1S/C23H27N5O2/c1-15-3-5-17(6-4-15)12-27-9-7-18(13-27)11-25-22(29)19-16(2)30-23-20(19)21-24-8-10-28(21)14-26-23/h3-6,14,18H,7-13H2,1-2H3,(H,25,29). The topological polar surface area (TPSA) is 73.4 Å². The molecular weight excluding hydrogens is 378 g/mol. The van der Waals surface area contributed by atoms with Crippen molar-refractivity contribution in [3.05, 3.63) is 52.3 Å². The lowest BCUT2D eigenvalue weighted by Gasteiger charge is -2.19. The fourth-order valence-corrected chi connectivity index (χ4v) is 4.52. The number of fused-ring (bicyclic) bond motifs is 3. The van der Waals surface area contributed by atoms with E-state index in [0.717, 1.165) is 44.0 Å². The van der Waals surface area contributed by atoms with Crippen molar-refractivity contribution in [3.8, 4) is 0 Å². The zero-order valence-corrected chi connectivity index (χ0v) is 17.5. The van der Waals surface area contributed by atoms with Crippen LogP contribution >= 0.6 is 0 Å². The van der Waals surface area contributed by atoms with E-state index in [-0.39, 0.29) is 5.91 Å². The number of hydrogen-bond donors (Lipinski definition) is 1. The average molecular weight is 406 g/mol. The van der Waals surface area contributed by atoms with Gasteiger partial charge in [0.25, 0.3) is 5.91 Å². The van der Waals surface area contributed by atoms with Gasteiger partial charge in [0.05, 0.1) is 17.7 Å². The molecule has 7 heteroatoms. The minimum atomic E-state index is -0.0962. The van der Waals surface area contributed by atoms with Gasteiger partial charge < -0.3 is 14.6 Å². The number of likely N-dealkylation sites (tertiary alicyclic amines) is 1. The normalized spacial score (nSPS) is 20.3. The molecule has 1 N–H and O–H groups in total.